The number of carboxylic acid groups (broad SMARTS) is 1. The van der Waals surface area contributed by atoms with E-state index in [1.807, 2.05) is 6.92 Å². The Morgan fingerprint density at radius 3 is 2.21 bits per heavy atom. The van der Waals surface area contributed by atoms with Gasteiger partial charge in [0.25, 0.3) is 0 Å². The summed E-state index contributed by atoms with van der Waals surface area (Å²) in [4.78, 5) is 35.8. The maximum absolute atomic E-state index is 12.3. The second-order valence-electron chi connectivity index (χ2n) is 5.69. The molecule has 6 heteroatoms. The van der Waals surface area contributed by atoms with Crippen molar-refractivity contribution in [3.8, 4) is 0 Å². The van der Waals surface area contributed by atoms with E-state index in [2.05, 4.69) is 0 Å². The number of carbonyl (C=O) groups excluding carboxylic acids is 2. The molecule has 0 unspecified atom stereocenters. The molecule has 1 saturated carbocycles. The van der Waals surface area contributed by atoms with Gasteiger partial charge in [0, 0.05) is 6.54 Å². The molecule has 0 aromatic rings. The summed E-state index contributed by atoms with van der Waals surface area (Å²) in [6.07, 6.45) is 1.66. The van der Waals surface area contributed by atoms with Crippen molar-refractivity contribution >= 4 is 17.8 Å². The van der Waals surface area contributed by atoms with Gasteiger partial charge in [-0.1, -0.05) is 27.2 Å². The number of carbonyl (C=O) groups is 3. The molecule has 2 amide bonds. The summed E-state index contributed by atoms with van der Waals surface area (Å²) in [5.41, 5.74) is 4.59. The van der Waals surface area contributed by atoms with E-state index in [0.29, 0.717) is 6.54 Å². The molecule has 0 saturated heterocycles. The lowest BCUT2D eigenvalue weighted by Gasteiger charge is -2.21. The number of unbranched alkanes of at least 4 members (excludes halogenated alkanes) is 1. The topological polar surface area (TPSA) is 101 Å². The van der Waals surface area contributed by atoms with Gasteiger partial charge in [0.1, 0.15) is 0 Å². The van der Waals surface area contributed by atoms with Crippen molar-refractivity contribution in [2.45, 2.75) is 33.6 Å². The Kier molecular flexibility index (Phi) is 4.55. The highest BCUT2D eigenvalue weighted by Crippen LogP contribution is 2.59. The van der Waals surface area contributed by atoms with Gasteiger partial charge in [0.05, 0.1) is 18.4 Å². The van der Waals surface area contributed by atoms with Gasteiger partial charge in [0.15, 0.2) is 0 Å². The van der Waals surface area contributed by atoms with Gasteiger partial charge in [0.2, 0.25) is 11.8 Å². The zero-order valence-corrected chi connectivity index (χ0v) is 11.7. The van der Waals surface area contributed by atoms with Gasteiger partial charge < -0.3 is 15.7 Å². The first kappa shape index (κ1) is 15.5. The van der Waals surface area contributed by atoms with E-state index in [1.54, 1.807) is 13.8 Å². The minimum Gasteiger partial charge on any atom is -0.481 e. The number of nitrogens with two attached hydrogens (primary N) is 1. The van der Waals surface area contributed by atoms with Crippen molar-refractivity contribution in [3.05, 3.63) is 0 Å². The largest absolute Gasteiger partial charge is 0.481 e. The average molecular weight is 270 g/mol. The number of hydrogen-bond donors (Lipinski definition) is 2. The third-order valence-corrected chi connectivity index (χ3v) is 3.80. The van der Waals surface area contributed by atoms with E-state index in [9.17, 15) is 14.4 Å². The lowest BCUT2D eigenvalue weighted by Crippen LogP contribution is -2.40. The number of rotatable bonds is 7. The second-order valence-corrected chi connectivity index (χ2v) is 5.69. The van der Waals surface area contributed by atoms with Crippen LogP contribution in [0, 0.1) is 17.3 Å². The van der Waals surface area contributed by atoms with Crippen LogP contribution in [-0.4, -0.2) is 40.9 Å². The number of primary amides is 1. The van der Waals surface area contributed by atoms with Gasteiger partial charge in [-0.05, 0) is 11.8 Å². The minimum absolute atomic E-state index is 0.141. The van der Waals surface area contributed by atoms with E-state index in [-0.39, 0.29) is 12.5 Å². The smallest absolute Gasteiger partial charge is 0.307 e. The van der Waals surface area contributed by atoms with Gasteiger partial charge in [-0.25, -0.2) is 0 Å². The van der Waals surface area contributed by atoms with E-state index in [0.717, 1.165) is 12.8 Å². The van der Waals surface area contributed by atoms with Crippen LogP contribution in [0.1, 0.15) is 33.6 Å². The molecule has 2 atom stereocenters. The number of aliphatic carboxylic acids is 1. The maximum Gasteiger partial charge on any atom is 0.307 e. The summed E-state index contributed by atoms with van der Waals surface area (Å²) in [7, 11) is 0. The molecule has 0 radical (unpaired) electrons. The van der Waals surface area contributed by atoms with Crippen LogP contribution >= 0.6 is 0 Å². The molecule has 1 fully saturated rings. The highest BCUT2D eigenvalue weighted by molar-refractivity contribution is 5.93. The monoisotopic (exact) mass is 270 g/mol. The summed E-state index contributed by atoms with van der Waals surface area (Å²) in [5.74, 6) is -3.03. The van der Waals surface area contributed by atoms with Crippen LogP contribution in [-0.2, 0) is 14.4 Å². The number of amides is 2. The van der Waals surface area contributed by atoms with Crippen molar-refractivity contribution in [1.29, 1.82) is 0 Å². The number of nitrogens with zero attached hydrogens (tertiary/aromatic N) is 1. The second kappa shape index (κ2) is 5.59. The van der Waals surface area contributed by atoms with Crippen LogP contribution in [0.2, 0.25) is 0 Å². The van der Waals surface area contributed by atoms with E-state index < -0.39 is 29.1 Å². The predicted octanol–water partition coefficient (Wildman–Crippen LogP) is 0.457. The lowest BCUT2D eigenvalue weighted by molar-refractivity contribution is -0.142. The van der Waals surface area contributed by atoms with Gasteiger partial charge in [-0.2, -0.15) is 0 Å². The summed E-state index contributed by atoms with van der Waals surface area (Å²) in [6.45, 7) is 5.80. The molecule has 0 spiro atoms. The molecule has 0 heterocycles. The SMILES string of the molecule is CCCCN(CC(N)=O)C(=O)[C@H]1[C@@H](C(=O)O)C1(C)C. The fourth-order valence-corrected chi connectivity index (χ4v) is 2.56. The van der Waals surface area contributed by atoms with Crippen molar-refractivity contribution in [1.82, 2.24) is 4.90 Å². The Morgan fingerprint density at radius 2 is 1.84 bits per heavy atom. The molecular weight excluding hydrogens is 248 g/mol. The van der Waals surface area contributed by atoms with Gasteiger partial charge in [-0.15, -0.1) is 0 Å². The fourth-order valence-electron chi connectivity index (χ4n) is 2.56. The van der Waals surface area contributed by atoms with Crippen LogP contribution in [0.5, 0.6) is 0 Å². The first-order valence-corrected chi connectivity index (χ1v) is 6.53. The van der Waals surface area contributed by atoms with Crippen molar-refractivity contribution in [2.24, 2.45) is 23.0 Å². The Labute approximate surface area is 112 Å². The fraction of sp³-hybridized carbons (Fsp3) is 0.769. The molecule has 19 heavy (non-hydrogen) atoms. The van der Waals surface area contributed by atoms with E-state index in [4.69, 9.17) is 10.8 Å². The summed E-state index contributed by atoms with van der Waals surface area (Å²) < 4.78 is 0. The molecule has 108 valence electrons. The molecule has 0 aromatic heterocycles. The highest BCUT2D eigenvalue weighted by Gasteiger charge is 2.66. The molecule has 1 aliphatic carbocycles. The molecule has 0 aromatic carbocycles. The Morgan fingerprint density at radius 1 is 1.26 bits per heavy atom. The van der Waals surface area contributed by atoms with Crippen LogP contribution in [0.25, 0.3) is 0 Å². The molecule has 6 nitrogen and oxygen atoms in total. The quantitative estimate of drug-likeness (QED) is 0.701. The minimum atomic E-state index is -0.960. The average Bonchev–Trinajstić information content (AvgIpc) is 2.86. The standard InChI is InChI=1S/C13H22N2O4/c1-4-5-6-15(7-8(14)16)11(17)9-10(12(18)19)13(9,2)3/h9-10H,4-7H2,1-3H3,(H2,14,16)(H,18,19)/t9-,10+/m1/s1. The summed E-state index contributed by atoms with van der Waals surface area (Å²) in [6, 6.07) is 0. The van der Waals surface area contributed by atoms with Crippen molar-refractivity contribution in [2.75, 3.05) is 13.1 Å². The van der Waals surface area contributed by atoms with Crippen LogP contribution < -0.4 is 5.73 Å². The third-order valence-electron chi connectivity index (χ3n) is 3.80. The number of carboxylic acids is 1. The van der Waals surface area contributed by atoms with Crippen LogP contribution in [0.3, 0.4) is 0 Å². The zero-order chi connectivity index (χ0) is 14.8. The van der Waals surface area contributed by atoms with Crippen molar-refractivity contribution in [3.63, 3.8) is 0 Å². The number of hydrogen-bond acceptors (Lipinski definition) is 3. The molecular formula is C13H22N2O4. The highest BCUT2D eigenvalue weighted by atomic mass is 16.4. The molecule has 0 aliphatic heterocycles. The molecule has 0 bridgehead atoms. The lowest BCUT2D eigenvalue weighted by atomic mass is 10.1. The van der Waals surface area contributed by atoms with E-state index in [1.165, 1.54) is 4.90 Å². The first-order valence-electron chi connectivity index (χ1n) is 6.53. The first-order chi connectivity index (χ1) is 8.73. The molecule has 1 rings (SSSR count). The normalized spacial score (nSPS) is 23.7. The van der Waals surface area contributed by atoms with E-state index >= 15 is 0 Å². The summed E-state index contributed by atoms with van der Waals surface area (Å²) in [5, 5.41) is 9.09. The third kappa shape index (κ3) is 3.24. The van der Waals surface area contributed by atoms with Crippen LogP contribution in [0.4, 0.5) is 0 Å². The Balaban J connectivity index is 2.77. The molecule has 1 aliphatic rings. The van der Waals surface area contributed by atoms with Gasteiger partial charge in [-0.3, -0.25) is 14.4 Å². The zero-order valence-electron chi connectivity index (χ0n) is 11.7. The maximum atomic E-state index is 12.3. The van der Waals surface area contributed by atoms with Crippen LogP contribution in [0.15, 0.2) is 0 Å². The Hall–Kier alpha value is -1.59. The predicted molar refractivity (Wildman–Crippen MR) is 69.1 cm³/mol. The Bertz CT molecular complexity index is 392. The van der Waals surface area contributed by atoms with Gasteiger partial charge >= 0.3 is 5.97 Å². The van der Waals surface area contributed by atoms with Crippen molar-refractivity contribution < 1.29 is 19.5 Å². The molecule has 3 N–H and O–H groups in total. The summed E-state index contributed by atoms with van der Waals surface area (Å²) >= 11 is 0.